The van der Waals surface area contributed by atoms with Crippen LogP contribution in [-0.2, 0) is 14.3 Å². The number of aliphatic carboxylic acids is 1. The van der Waals surface area contributed by atoms with E-state index >= 15 is 0 Å². The maximum Gasteiger partial charge on any atom is 0.331 e. The van der Waals surface area contributed by atoms with E-state index in [1.165, 1.54) is 0 Å². The summed E-state index contributed by atoms with van der Waals surface area (Å²) in [6.45, 7) is 7.95. The van der Waals surface area contributed by atoms with Gasteiger partial charge in [0, 0.05) is 12.0 Å². The zero-order valence-corrected chi connectivity index (χ0v) is 11.6. The summed E-state index contributed by atoms with van der Waals surface area (Å²) in [6, 6.07) is 0. The molecule has 4 nitrogen and oxygen atoms in total. The van der Waals surface area contributed by atoms with E-state index in [2.05, 4.69) is 13.5 Å². The molecule has 1 spiro atoms. The fourth-order valence-electron chi connectivity index (χ4n) is 4.11. The van der Waals surface area contributed by atoms with Crippen LogP contribution in [-0.4, -0.2) is 28.6 Å². The highest BCUT2D eigenvalue weighted by atomic mass is 16.8. The second-order valence-corrected chi connectivity index (χ2v) is 6.54. The van der Waals surface area contributed by atoms with Crippen LogP contribution in [0.15, 0.2) is 12.2 Å². The summed E-state index contributed by atoms with van der Waals surface area (Å²) in [5.74, 6) is -0.918. The third-order valence-corrected chi connectivity index (χ3v) is 5.36. The van der Waals surface area contributed by atoms with E-state index < -0.39 is 11.8 Å². The Kier molecular flexibility index (Phi) is 2.81. The standard InChI is InChI=1S/C15H22O4/c1-9-4-5-11(10(2)13(16)17)8-12-15(9)7-6-14(3,18-12)19-15/h9,11-12H,2,4-8H2,1,3H3,(H,16,17)/t9-,11+,12?,14-,15-/m0/s1. The first-order chi connectivity index (χ1) is 8.86. The summed E-state index contributed by atoms with van der Waals surface area (Å²) >= 11 is 0. The molecule has 0 amide bonds. The predicted molar refractivity (Wildman–Crippen MR) is 69.6 cm³/mol. The molecule has 3 fully saturated rings. The van der Waals surface area contributed by atoms with Gasteiger partial charge in [0.2, 0.25) is 0 Å². The Hall–Kier alpha value is -0.870. The Morgan fingerprint density at radius 1 is 1.37 bits per heavy atom. The highest BCUT2D eigenvalue weighted by Gasteiger charge is 2.63. The molecular weight excluding hydrogens is 244 g/mol. The van der Waals surface area contributed by atoms with E-state index in [0.717, 1.165) is 32.1 Å². The monoisotopic (exact) mass is 266 g/mol. The van der Waals surface area contributed by atoms with E-state index in [1.54, 1.807) is 0 Å². The number of hydrogen-bond donors (Lipinski definition) is 1. The zero-order chi connectivity index (χ0) is 13.8. The largest absolute Gasteiger partial charge is 0.478 e. The molecule has 4 heteroatoms. The van der Waals surface area contributed by atoms with E-state index in [4.69, 9.17) is 14.6 Å². The molecule has 1 unspecified atom stereocenters. The Balaban J connectivity index is 1.86. The summed E-state index contributed by atoms with van der Waals surface area (Å²) in [5, 5.41) is 9.14. The average Bonchev–Trinajstić information content (AvgIpc) is 2.80. The third kappa shape index (κ3) is 1.84. The molecule has 2 bridgehead atoms. The average molecular weight is 266 g/mol. The highest BCUT2D eigenvalue weighted by molar-refractivity contribution is 5.86. The number of rotatable bonds is 2. The number of fused-ring (bicyclic) bond motifs is 1. The first-order valence-electron chi connectivity index (χ1n) is 7.16. The first kappa shape index (κ1) is 13.1. The van der Waals surface area contributed by atoms with Crippen molar-refractivity contribution in [1.29, 1.82) is 0 Å². The molecule has 0 aromatic heterocycles. The van der Waals surface area contributed by atoms with Crippen LogP contribution in [0.4, 0.5) is 0 Å². The predicted octanol–water partition coefficient (Wildman–Crippen LogP) is 2.73. The van der Waals surface area contributed by atoms with Crippen LogP contribution in [0.5, 0.6) is 0 Å². The molecule has 0 aromatic carbocycles. The summed E-state index contributed by atoms with van der Waals surface area (Å²) in [6.07, 6.45) is 4.57. The van der Waals surface area contributed by atoms with Crippen LogP contribution >= 0.6 is 0 Å². The first-order valence-corrected chi connectivity index (χ1v) is 7.16. The quantitative estimate of drug-likeness (QED) is 0.781. The fraction of sp³-hybridized carbons (Fsp3) is 0.800. The third-order valence-electron chi connectivity index (χ3n) is 5.36. The van der Waals surface area contributed by atoms with Crippen molar-refractivity contribution >= 4 is 5.97 Å². The van der Waals surface area contributed by atoms with Crippen molar-refractivity contribution in [2.45, 2.75) is 63.4 Å². The molecule has 5 atom stereocenters. The van der Waals surface area contributed by atoms with Gasteiger partial charge in [0.25, 0.3) is 0 Å². The lowest BCUT2D eigenvalue weighted by atomic mass is 9.79. The lowest BCUT2D eigenvalue weighted by Gasteiger charge is -2.35. The van der Waals surface area contributed by atoms with Gasteiger partial charge in [-0.1, -0.05) is 13.5 Å². The van der Waals surface area contributed by atoms with Crippen LogP contribution in [0.25, 0.3) is 0 Å². The smallest absolute Gasteiger partial charge is 0.331 e. The lowest BCUT2D eigenvalue weighted by Crippen LogP contribution is -2.44. The van der Waals surface area contributed by atoms with Crippen LogP contribution < -0.4 is 0 Å². The molecule has 1 N–H and O–H groups in total. The van der Waals surface area contributed by atoms with Gasteiger partial charge in [0.05, 0.1) is 6.10 Å². The zero-order valence-electron chi connectivity index (χ0n) is 11.6. The Labute approximate surface area is 113 Å². The minimum absolute atomic E-state index is 0.0101. The van der Waals surface area contributed by atoms with Crippen LogP contribution in [0.1, 0.15) is 46.0 Å². The summed E-state index contributed by atoms with van der Waals surface area (Å²) in [7, 11) is 0. The SMILES string of the molecule is C=C(C(=O)O)[C@@H]1CC[C@H](C)[C@@]23CC[C@@](C)(OC2C1)O3. The van der Waals surface area contributed by atoms with Crippen molar-refractivity contribution in [1.82, 2.24) is 0 Å². The maximum absolute atomic E-state index is 11.1. The van der Waals surface area contributed by atoms with Gasteiger partial charge in [-0.25, -0.2) is 4.79 Å². The van der Waals surface area contributed by atoms with E-state index in [1.807, 2.05) is 6.92 Å². The number of ether oxygens (including phenoxy) is 2. The van der Waals surface area contributed by atoms with Gasteiger partial charge in [-0.3, -0.25) is 0 Å². The highest BCUT2D eigenvalue weighted by Crippen LogP contribution is 2.57. The summed E-state index contributed by atoms with van der Waals surface area (Å²) < 4.78 is 12.3. The molecule has 3 rings (SSSR count). The van der Waals surface area contributed by atoms with Crippen LogP contribution in [0.2, 0.25) is 0 Å². The van der Waals surface area contributed by atoms with Gasteiger partial charge in [0.1, 0.15) is 5.60 Å². The summed E-state index contributed by atoms with van der Waals surface area (Å²) in [5.41, 5.74) is 0.128. The number of hydrogen-bond acceptors (Lipinski definition) is 3. The van der Waals surface area contributed by atoms with E-state index in [-0.39, 0.29) is 17.6 Å². The molecule has 19 heavy (non-hydrogen) atoms. The van der Waals surface area contributed by atoms with E-state index in [0.29, 0.717) is 11.5 Å². The molecule has 2 heterocycles. The normalized spacial score (nSPS) is 48.6. The molecule has 1 saturated carbocycles. The van der Waals surface area contributed by atoms with Gasteiger partial charge in [-0.05, 0) is 44.4 Å². The van der Waals surface area contributed by atoms with Gasteiger partial charge in [0.15, 0.2) is 5.79 Å². The van der Waals surface area contributed by atoms with Crippen LogP contribution in [0.3, 0.4) is 0 Å². The molecule has 2 saturated heterocycles. The summed E-state index contributed by atoms with van der Waals surface area (Å²) in [4.78, 5) is 11.1. The molecule has 0 aromatic rings. The van der Waals surface area contributed by atoms with Crippen molar-refractivity contribution in [2.24, 2.45) is 11.8 Å². The Morgan fingerprint density at radius 2 is 2.11 bits per heavy atom. The molecule has 3 aliphatic rings. The minimum atomic E-state index is -0.885. The second-order valence-electron chi connectivity index (χ2n) is 6.54. The number of carboxylic acid groups (broad SMARTS) is 1. The van der Waals surface area contributed by atoms with Crippen molar-refractivity contribution in [2.75, 3.05) is 0 Å². The van der Waals surface area contributed by atoms with Gasteiger partial charge in [-0.2, -0.15) is 0 Å². The molecular formula is C15H22O4. The van der Waals surface area contributed by atoms with Crippen molar-refractivity contribution in [3.05, 3.63) is 12.2 Å². The van der Waals surface area contributed by atoms with Crippen molar-refractivity contribution < 1.29 is 19.4 Å². The molecule has 2 aliphatic heterocycles. The molecule has 106 valence electrons. The number of carbonyl (C=O) groups is 1. The maximum atomic E-state index is 11.1. The van der Waals surface area contributed by atoms with E-state index in [9.17, 15) is 4.79 Å². The fourth-order valence-corrected chi connectivity index (χ4v) is 4.11. The molecule has 0 radical (unpaired) electrons. The lowest BCUT2D eigenvalue weighted by molar-refractivity contribution is -0.152. The van der Waals surface area contributed by atoms with Crippen LogP contribution in [0, 0.1) is 11.8 Å². The van der Waals surface area contributed by atoms with Crippen molar-refractivity contribution in [3.8, 4) is 0 Å². The topological polar surface area (TPSA) is 55.8 Å². The Bertz CT molecular complexity index is 432. The van der Waals surface area contributed by atoms with Gasteiger partial charge < -0.3 is 14.6 Å². The Morgan fingerprint density at radius 3 is 2.74 bits per heavy atom. The molecule has 1 aliphatic carbocycles. The van der Waals surface area contributed by atoms with Gasteiger partial charge in [-0.15, -0.1) is 0 Å². The number of carboxylic acids is 1. The second kappa shape index (κ2) is 4.06. The van der Waals surface area contributed by atoms with Gasteiger partial charge >= 0.3 is 5.97 Å². The van der Waals surface area contributed by atoms with Crippen molar-refractivity contribution in [3.63, 3.8) is 0 Å². The minimum Gasteiger partial charge on any atom is -0.478 e.